The van der Waals surface area contributed by atoms with Gasteiger partial charge in [0.25, 0.3) is 0 Å². The quantitative estimate of drug-likeness (QED) is 0.810. The summed E-state index contributed by atoms with van der Waals surface area (Å²) < 4.78 is 43.7. The zero-order chi connectivity index (χ0) is 15.4. The van der Waals surface area contributed by atoms with Gasteiger partial charge >= 0.3 is 12.3 Å². The summed E-state index contributed by atoms with van der Waals surface area (Å²) in [5, 5.41) is 9.69. The topological polar surface area (TPSA) is 49.8 Å². The van der Waals surface area contributed by atoms with E-state index >= 15 is 0 Å². The molecule has 2 saturated heterocycles. The van der Waals surface area contributed by atoms with Gasteiger partial charge in [-0.15, -0.1) is 0 Å². The van der Waals surface area contributed by atoms with Crippen LogP contribution in [0.15, 0.2) is 0 Å². The van der Waals surface area contributed by atoms with Gasteiger partial charge in [0, 0.05) is 6.04 Å². The summed E-state index contributed by atoms with van der Waals surface area (Å²) >= 11 is 0. The van der Waals surface area contributed by atoms with E-state index in [1.165, 1.54) is 0 Å². The summed E-state index contributed by atoms with van der Waals surface area (Å²) in [5.41, 5.74) is 0. The number of nitrogens with zero attached hydrogens (tertiary/aromatic N) is 1. The molecule has 120 valence electrons. The Hall–Kier alpha value is -0.980. The number of aliphatic hydroxyl groups is 1. The van der Waals surface area contributed by atoms with E-state index in [0.29, 0.717) is 19.3 Å². The number of hydrogen-bond acceptors (Lipinski definition) is 3. The van der Waals surface area contributed by atoms with E-state index in [-0.39, 0.29) is 36.6 Å². The van der Waals surface area contributed by atoms with Gasteiger partial charge in [-0.05, 0) is 43.9 Å². The van der Waals surface area contributed by atoms with Crippen molar-refractivity contribution in [2.45, 2.75) is 57.0 Å². The number of aliphatic hydroxyl groups excluding tert-OH is 1. The highest BCUT2D eigenvalue weighted by Crippen LogP contribution is 2.49. The number of fused-ring (bicyclic) bond motifs is 2. The molecule has 0 bridgehead atoms. The number of halogens is 3. The van der Waals surface area contributed by atoms with Gasteiger partial charge in [-0.3, -0.25) is 4.90 Å². The Bertz CT molecular complexity index is 428. The molecule has 2 aliphatic heterocycles. The molecule has 21 heavy (non-hydrogen) atoms. The SMILES string of the molecule is C[C@H]1[C@H]2CCC[C@@H](C(O)C(F)(F)F)[C@@H]2C[C@@H]2COC(=O)N21. The third kappa shape index (κ3) is 2.39. The van der Waals surface area contributed by atoms with Crippen molar-refractivity contribution in [1.82, 2.24) is 4.90 Å². The standard InChI is InChI=1S/C14H20F3NO3/c1-7-9-3-2-4-10(12(19)14(15,16)17)11(9)5-8-6-21-13(20)18(7)8/h7-12,19H,2-6H2,1H3/t7-,8+,9+,10+,11+,12?/m0/s1. The maximum Gasteiger partial charge on any atom is 0.414 e. The summed E-state index contributed by atoms with van der Waals surface area (Å²) in [4.78, 5) is 13.4. The summed E-state index contributed by atoms with van der Waals surface area (Å²) in [6.45, 7) is 2.14. The van der Waals surface area contributed by atoms with Crippen LogP contribution in [0.2, 0.25) is 0 Å². The van der Waals surface area contributed by atoms with Gasteiger partial charge < -0.3 is 9.84 Å². The predicted molar refractivity (Wildman–Crippen MR) is 67.4 cm³/mol. The summed E-state index contributed by atoms with van der Waals surface area (Å²) in [7, 11) is 0. The van der Waals surface area contributed by atoms with Crippen LogP contribution < -0.4 is 0 Å². The molecule has 1 amide bonds. The van der Waals surface area contributed by atoms with Crippen LogP contribution in [-0.4, -0.2) is 47.1 Å². The van der Waals surface area contributed by atoms with E-state index in [9.17, 15) is 23.1 Å². The van der Waals surface area contributed by atoms with Gasteiger partial charge in [-0.1, -0.05) is 6.42 Å². The number of carbonyl (C=O) groups excluding carboxylic acids is 1. The molecule has 1 unspecified atom stereocenters. The molecule has 0 aromatic heterocycles. The average Bonchev–Trinajstić information content (AvgIpc) is 2.78. The van der Waals surface area contributed by atoms with Gasteiger partial charge in [0.1, 0.15) is 6.61 Å². The summed E-state index contributed by atoms with van der Waals surface area (Å²) in [5.74, 6) is -0.937. The number of cyclic esters (lactones) is 1. The van der Waals surface area contributed by atoms with Crippen molar-refractivity contribution >= 4 is 6.09 Å². The van der Waals surface area contributed by atoms with Crippen LogP contribution >= 0.6 is 0 Å². The Morgan fingerprint density at radius 2 is 2.05 bits per heavy atom. The van der Waals surface area contributed by atoms with E-state index < -0.39 is 18.2 Å². The molecule has 6 atom stereocenters. The largest absolute Gasteiger partial charge is 0.447 e. The average molecular weight is 307 g/mol. The third-order valence-corrected chi connectivity index (χ3v) is 5.52. The predicted octanol–water partition coefficient (Wildman–Crippen LogP) is 2.56. The normalized spacial score (nSPS) is 41.3. The maximum atomic E-state index is 12.9. The molecule has 1 N–H and O–H groups in total. The number of rotatable bonds is 1. The lowest BCUT2D eigenvalue weighted by Gasteiger charge is -2.50. The zero-order valence-electron chi connectivity index (χ0n) is 11.8. The molecule has 3 aliphatic rings. The Labute approximate surface area is 121 Å². The second-order valence-corrected chi connectivity index (χ2v) is 6.52. The second kappa shape index (κ2) is 5.04. The van der Waals surface area contributed by atoms with Crippen LogP contribution in [-0.2, 0) is 4.74 Å². The van der Waals surface area contributed by atoms with Crippen molar-refractivity contribution in [2.24, 2.45) is 17.8 Å². The molecule has 1 saturated carbocycles. The number of hydrogen-bond donors (Lipinski definition) is 1. The summed E-state index contributed by atoms with van der Waals surface area (Å²) in [6, 6.07) is -0.262. The molecule has 2 heterocycles. The minimum atomic E-state index is -4.57. The molecular weight excluding hydrogens is 287 g/mol. The number of piperidine rings is 1. The number of amides is 1. The highest BCUT2D eigenvalue weighted by Gasteiger charge is 2.55. The Morgan fingerprint density at radius 1 is 1.33 bits per heavy atom. The maximum absolute atomic E-state index is 12.9. The highest BCUT2D eigenvalue weighted by atomic mass is 19.4. The first-order valence-corrected chi connectivity index (χ1v) is 7.50. The fraction of sp³-hybridized carbons (Fsp3) is 0.929. The van der Waals surface area contributed by atoms with Crippen molar-refractivity contribution < 1.29 is 27.8 Å². The van der Waals surface area contributed by atoms with Gasteiger partial charge in [0.2, 0.25) is 0 Å². The molecule has 3 rings (SSSR count). The monoisotopic (exact) mass is 307 g/mol. The minimum absolute atomic E-state index is 0.0163. The Kier molecular flexibility index (Phi) is 3.58. The first-order valence-electron chi connectivity index (χ1n) is 7.50. The van der Waals surface area contributed by atoms with Crippen LogP contribution in [0, 0.1) is 17.8 Å². The molecular formula is C14H20F3NO3. The van der Waals surface area contributed by atoms with Crippen LogP contribution in [0.5, 0.6) is 0 Å². The molecule has 0 aromatic rings. The lowest BCUT2D eigenvalue weighted by atomic mass is 9.63. The van der Waals surface area contributed by atoms with Crippen molar-refractivity contribution in [1.29, 1.82) is 0 Å². The van der Waals surface area contributed by atoms with Crippen LogP contribution in [0.25, 0.3) is 0 Å². The number of alkyl halides is 3. The van der Waals surface area contributed by atoms with Crippen LogP contribution in [0.3, 0.4) is 0 Å². The fourth-order valence-electron chi connectivity index (χ4n) is 4.59. The molecule has 0 radical (unpaired) electrons. The molecule has 7 heteroatoms. The Morgan fingerprint density at radius 3 is 2.71 bits per heavy atom. The first-order chi connectivity index (χ1) is 9.80. The number of ether oxygens (including phenoxy) is 1. The van der Waals surface area contributed by atoms with Gasteiger partial charge in [0.15, 0.2) is 6.10 Å². The second-order valence-electron chi connectivity index (χ2n) is 6.52. The smallest absolute Gasteiger partial charge is 0.414 e. The molecule has 3 fully saturated rings. The van der Waals surface area contributed by atoms with Crippen LogP contribution in [0.4, 0.5) is 18.0 Å². The third-order valence-electron chi connectivity index (χ3n) is 5.52. The Balaban J connectivity index is 1.83. The molecule has 0 spiro atoms. The molecule has 1 aliphatic carbocycles. The van der Waals surface area contributed by atoms with E-state index in [1.807, 2.05) is 6.92 Å². The van der Waals surface area contributed by atoms with Crippen molar-refractivity contribution in [3.8, 4) is 0 Å². The first kappa shape index (κ1) is 14.9. The number of carbonyl (C=O) groups is 1. The molecule has 4 nitrogen and oxygen atoms in total. The minimum Gasteiger partial charge on any atom is -0.447 e. The van der Waals surface area contributed by atoms with Gasteiger partial charge in [-0.25, -0.2) is 4.79 Å². The van der Waals surface area contributed by atoms with Crippen molar-refractivity contribution in [3.05, 3.63) is 0 Å². The van der Waals surface area contributed by atoms with Gasteiger partial charge in [0.05, 0.1) is 6.04 Å². The molecule has 0 aromatic carbocycles. The van der Waals surface area contributed by atoms with Gasteiger partial charge in [-0.2, -0.15) is 13.2 Å². The lowest BCUT2D eigenvalue weighted by Crippen LogP contribution is -2.57. The van der Waals surface area contributed by atoms with E-state index in [1.54, 1.807) is 4.90 Å². The highest BCUT2D eigenvalue weighted by molar-refractivity contribution is 5.70. The fourth-order valence-corrected chi connectivity index (χ4v) is 4.59. The summed E-state index contributed by atoms with van der Waals surface area (Å²) in [6.07, 6.45) is -4.82. The van der Waals surface area contributed by atoms with Crippen molar-refractivity contribution in [2.75, 3.05) is 6.61 Å². The van der Waals surface area contributed by atoms with E-state index in [2.05, 4.69) is 0 Å². The van der Waals surface area contributed by atoms with Crippen molar-refractivity contribution in [3.63, 3.8) is 0 Å². The van der Waals surface area contributed by atoms with E-state index in [0.717, 1.165) is 6.42 Å². The van der Waals surface area contributed by atoms with Crippen LogP contribution in [0.1, 0.15) is 32.6 Å². The van der Waals surface area contributed by atoms with E-state index in [4.69, 9.17) is 4.74 Å². The zero-order valence-corrected chi connectivity index (χ0v) is 11.8. The lowest BCUT2D eigenvalue weighted by molar-refractivity contribution is -0.233.